The monoisotopic (exact) mass is 456 g/mol. The molecule has 0 spiro atoms. The summed E-state index contributed by atoms with van der Waals surface area (Å²) in [6, 6.07) is -7.41. The Balaban J connectivity index is 2.04. The molecule has 2 aromatic carbocycles. The van der Waals surface area contributed by atoms with Gasteiger partial charge >= 0.3 is 0 Å². The SMILES string of the molecule is [2H]c1cnc(Nc2c([2H])c([2H])c(C([2H])([2H])[2H])c(S(N)(=O)=O)c2[2H])nc1N(c1c([2H])c([2H])c2c(C([2H])([2H])[2H])n(C([2H])([2H])[2H])nc2c1[2H])C([2H])([2H])[2H]. The normalized spacial score (nSPS) is 22.2. The van der Waals surface area contributed by atoms with Crippen LogP contribution in [0, 0.1) is 13.7 Å². The molecule has 9 nitrogen and oxygen atoms in total. The maximum absolute atomic E-state index is 12.4. The van der Waals surface area contributed by atoms with Crippen molar-refractivity contribution >= 4 is 44.1 Å². The molecule has 0 saturated heterocycles. The highest BCUT2D eigenvalue weighted by molar-refractivity contribution is 7.89. The fourth-order valence-corrected chi connectivity index (χ4v) is 2.95. The summed E-state index contributed by atoms with van der Waals surface area (Å²) in [7, 11) is -5.02. The van der Waals surface area contributed by atoms with Crippen LogP contribution in [0.2, 0.25) is 0 Å². The van der Waals surface area contributed by atoms with E-state index < -0.39 is 130 Å². The largest absolute Gasteiger partial charge is 0.329 e. The van der Waals surface area contributed by atoms with Gasteiger partial charge < -0.3 is 10.2 Å². The molecule has 3 N–H and O–H groups in total. The number of nitrogens with zero attached hydrogens (tertiary/aromatic N) is 5. The minimum Gasteiger partial charge on any atom is -0.329 e. The Morgan fingerprint density at radius 2 is 2.10 bits per heavy atom. The number of hydrogen-bond acceptors (Lipinski definition) is 7. The summed E-state index contributed by atoms with van der Waals surface area (Å²) in [5, 5.41) is 10.3. The first kappa shape index (κ1) is 7.88. The van der Waals surface area contributed by atoms with E-state index in [1.165, 1.54) is 0 Å². The molecule has 0 bridgehead atoms. The van der Waals surface area contributed by atoms with Gasteiger partial charge in [0.2, 0.25) is 16.0 Å². The van der Waals surface area contributed by atoms with E-state index in [2.05, 4.69) is 20.4 Å². The molecule has 31 heavy (non-hydrogen) atoms. The van der Waals surface area contributed by atoms with E-state index >= 15 is 0 Å². The maximum atomic E-state index is 12.4. The third-order valence-electron chi connectivity index (χ3n) is 3.76. The number of fused-ring (bicyclic) bond motifs is 1. The number of benzene rings is 2. The molecule has 0 fully saturated rings. The van der Waals surface area contributed by atoms with Crippen LogP contribution in [0.25, 0.3) is 10.9 Å². The molecule has 4 aromatic rings. The predicted octanol–water partition coefficient (Wildman–Crippen LogP) is 3.14. The zero-order chi connectivity index (χ0) is 38.4. The van der Waals surface area contributed by atoms with E-state index in [0.29, 0.717) is 6.20 Å². The van der Waals surface area contributed by atoms with E-state index in [4.69, 9.17) is 31.2 Å². The second-order valence-electron chi connectivity index (χ2n) is 5.83. The summed E-state index contributed by atoms with van der Waals surface area (Å²) in [6.07, 6.45) is 0.666. The highest BCUT2D eigenvalue weighted by atomic mass is 32.2. The number of nitrogens with two attached hydrogens (primary N) is 1. The molecule has 10 heteroatoms. The first-order chi connectivity index (χ1) is 22.4. The zero-order valence-corrected chi connectivity index (χ0v) is 15.9. The number of hydrogen-bond donors (Lipinski definition) is 2. The Morgan fingerprint density at radius 3 is 2.84 bits per heavy atom. The van der Waals surface area contributed by atoms with E-state index in [0.717, 1.165) is 0 Å². The number of anilines is 4. The third kappa shape index (κ3) is 4.07. The van der Waals surface area contributed by atoms with E-state index in [1.54, 1.807) is 0 Å². The second-order valence-corrected chi connectivity index (χ2v) is 7.33. The van der Waals surface area contributed by atoms with Crippen molar-refractivity contribution < 1.29 is 34.5 Å². The fourth-order valence-electron chi connectivity index (χ4n) is 2.37. The van der Waals surface area contributed by atoms with Gasteiger partial charge in [0.25, 0.3) is 0 Å². The lowest BCUT2D eigenvalue weighted by atomic mass is 10.2. The summed E-state index contributed by atoms with van der Waals surface area (Å²) in [5.41, 5.74) is -4.90. The number of sulfonamides is 1. The van der Waals surface area contributed by atoms with Gasteiger partial charge in [-0.3, -0.25) is 4.68 Å². The van der Waals surface area contributed by atoms with Crippen molar-refractivity contribution in [2.45, 2.75) is 18.6 Å². The second kappa shape index (κ2) is 7.64. The molecule has 0 aliphatic rings. The molecular formula is C21H23N7O2S. The third-order valence-corrected chi connectivity index (χ3v) is 4.63. The molecule has 4 rings (SSSR count). The van der Waals surface area contributed by atoms with Crippen molar-refractivity contribution in [1.82, 2.24) is 19.7 Å². The predicted molar refractivity (Wildman–Crippen MR) is 121 cm³/mol. The molecule has 0 atom stereocenters. The van der Waals surface area contributed by atoms with E-state index in [1.807, 2.05) is 0 Å². The number of aromatic nitrogens is 4. The van der Waals surface area contributed by atoms with Crippen LogP contribution in [-0.4, -0.2) is 35.1 Å². The average Bonchev–Trinajstić information content (AvgIpc) is 3.36. The van der Waals surface area contributed by atoms with Gasteiger partial charge in [-0.05, 0) is 55.5 Å². The van der Waals surface area contributed by atoms with Crippen molar-refractivity contribution in [3.63, 3.8) is 0 Å². The Labute approximate surface area is 207 Å². The first-order valence-corrected chi connectivity index (χ1v) is 9.58. The highest BCUT2D eigenvalue weighted by Gasteiger charge is 2.14. The number of rotatable bonds is 5. The van der Waals surface area contributed by atoms with E-state index in [9.17, 15) is 8.42 Å². The fraction of sp³-hybridized carbons (Fsp3) is 0.190. The van der Waals surface area contributed by atoms with Crippen LogP contribution >= 0.6 is 0 Å². The van der Waals surface area contributed by atoms with Gasteiger partial charge in [0.1, 0.15) is 5.82 Å². The molecule has 0 unspecified atom stereocenters. The first-order valence-electron chi connectivity index (χ1n) is 17.5. The van der Waals surface area contributed by atoms with Crippen LogP contribution in [0.3, 0.4) is 0 Å². The van der Waals surface area contributed by atoms with Gasteiger partial charge in [-0.2, -0.15) is 10.1 Å². The smallest absolute Gasteiger partial charge is 0.238 e. The van der Waals surface area contributed by atoms with Gasteiger partial charge in [0, 0.05) is 59.1 Å². The molecule has 2 aromatic heterocycles. The molecular weight excluding hydrogens is 414 g/mol. The minimum absolute atomic E-state index is 0.0665. The topological polar surface area (TPSA) is 119 Å². The van der Waals surface area contributed by atoms with Crippen LogP contribution in [0.1, 0.15) is 37.3 Å². The van der Waals surface area contributed by atoms with Crippen molar-refractivity contribution in [2.24, 2.45) is 12.1 Å². The molecule has 0 saturated carbocycles. The minimum atomic E-state index is -5.02. The molecule has 160 valence electrons. The highest BCUT2D eigenvalue weighted by Crippen LogP contribution is 2.28. The quantitative estimate of drug-likeness (QED) is 0.473. The van der Waals surface area contributed by atoms with Crippen LogP contribution in [0.5, 0.6) is 0 Å². The molecule has 0 aliphatic carbocycles. The average molecular weight is 457 g/mol. The van der Waals surface area contributed by atoms with Crippen molar-refractivity contribution in [1.29, 1.82) is 0 Å². The molecule has 0 amide bonds. The Morgan fingerprint density at radius 1 is 1.19 bits per heavy atom. The standard InChI is InChI=1S/C21H23N7O2S/c1-13-5-6-15(11-19(13)31(22,29)30)24-21-23-10-9-20(25-21)27(3)16-7-8-17-14(2)28(4)26-18(17)12-16/h5-12H,1-4H3,(H2,22,29,30)(H,23,24,25)/i1D3,2D3,3D3,4D3,5D,6D,7D,8D,9D,11D,12D. The summed E-state index contributed by atoms with van der Waals surface area (Å²) >= 11 is 0. The molecule has 2 heterocycles. The Bertz CT molecular complexity index is 2160. The van der Waals surface area contributed by atoms with Gasteiger partial charge in [0.15, 0.2) is 0 Å². The zero-order valence-electron chi connectivity index (χ0n) is 34.1. The van der Waals surface area contributed by atoms with Crippen LogP contribution in [0.15, 0.2) is 53.4 Å². The number of aryl methyl sites for hydroxylation is 2. The molecule has 0 radical (unpaired) electrons. The van der Waals surface area contributed by atoms with Crippen LogP contribution < -0.4 is 15.4 Å². The van der Waals surface area contributed by atoms with Gasteiger partial charge in [-0.15, -0.1) is 0 Å². The van der Waals surface area contributed by atoms with Gasteiger partial charge in [-0.25, -0.2) is 18.5 Å². The summed E-state index contributed by atoms with van der Waals surface area (Å²) in [4.78, 5) is 6.43. The van der Waals surface area contributed by atoms with E-state index in [-0.39, 0.29) is 9.58 Å². The van der Waals surface area contributed by atoms with Crippen molar-refractivity contribution in [3.05, 3.63) is 59.8 Å². The summed E-state index contributed by atoms with van der Waals surface area (Å²) < 4.78 is 178. The Hall–Kier alpha value is -3.50. The summed E-state index contributed by atoms with van der Waals surface area (Å²) in [5.74, 6) is -1.72. The van der Waals surface area contributed by atoms with Gasteiger partial charge in [-0.1, -0.05) is 6.04 Å². The van der Waals surface area contributed by atoms with Crippen molar-refractivity contribution in [2.75, 3.05) is 17.2 Å². The number of nitrogens with one attached hydrogen (secondary N) is 1. The molecule has 0 aliphatic heterocycles. The summed E-state index contributed by atoms with van der Waals surface area (Å²) in [6.45, 7) is -13.3. The lowest BCUT2D eigenvalue weighted by molar-refractivity contribution is 0.597. The number of primary sulfonamides is 1. The lowest BCUT2D eigenvalue weighted by Crippen LogP contribution is -2.14. The van der Waals surface area contributed by atoms with Crippen LogP contribution in [0.4, 0.5) is 23.1 Å². The maximum Gasteiger partial charge on any atom is 0.238 e. The van der Waals surface area contributed by atoms with Gasteiger partial charge in [0.05, 0.1) is 20.0 Å². The van der Waals surface area contributed by atoms with Crippen molar-refractivity contribution in [3.8, 4) is 0 Å². The Kier molecular flexibility index (Phi) is 1.94. The lowest BCUT2D eigenvalue weighted by Gasteiger charge is -2.19. The van der Waals surface area contributed by atoms with Crippen LogP contribution in [-0.2, 0) is 17.0 Å².